The Labute approximate surface area is 259 Å². The third kappa shape index (κ3) is 6.77. The van der Waals surface area contributed by atoms with E-state index in [2.05, 4.69) is 29.2 Å². The van der Waals surface area contributed by atoms with Crippen molar-refractivity contribution in [2.45, 2.75) is 46.6 Å². The van der Waals surface area contributed by atoms with Crippen LogP contribution in [0.25, 0.3) is 54.2 Å². The van der Waals surface area contributed by atoms with Crippen molar-refractivity contribution < 1.29 is 15.0 Å². The highest BCUT2D eigenvalue weighted by Gasteiger charge is 2.20. The van der Waals surface area contributed by atoms with Crippen molar-refractivity contribution in [1.29, 1.82) is 0 Å². The van der Waals surface area contributed by atoms with Crippen molar-refractivity contribution in [1.82, 2.24) is 19.5 Å². The zero-order chi connectivity index (χ0) is 31.1. The van der Waals surface area contributed by atoms with Crippen LogP contribution in [-0.2, 0) is 18.3 Å². The van der Waals surface area contributed by atoms with Crippen molar-refractivity contribution in [3.8, 4) is 33.0 Å². The number of rotatable bonds is 5. The molecule has 0 aliphatic rings. The molecule has 4 aromatic heterocycles. The molecule has 0 fully saturated rings. The summed E-state index contributed by atoms with van der Waals surface area (Å²) in [5, 5.41) is 20.7. The number of aromatic nitrogens is 4. The molecule has 0 spiro atoms. The first-order valence-corrected chi connectivity index (χ1v) is 15.0. The topological polar surface area (TPSA) is 101 Å². The smallest absolute Gasteiger partial charge is 0.307 e. The van der Waals surface area contributed by atoms with Crippen LogP contribution in [0.5, 0.6) is 0 Å². The van der Waals surface area contributed by atoms with E-state index in [0.717, 1.165) is 65.3 Å². The first kappa shape index (κ1) is 30.4. The highest BCUT2D eigenvalue weighted by atomic mass is 35.5. The highest BCUT2D eigenvalue weighted by Crippen LogP contribution is 2.41. The molecule has 6 rings (SSSR count). The maximum absolute atomic E-state index is 11.8. The molecular weight excluding hydrogens is 580 g/mol. The third-order valence-electron chi connectivity index (χ3n) is 6.79. The number of carboxylic acid groups (broad SMARTS) is 1. The van der Waals surface area contributed by atoms with Gasteiger partial charge in [0.1, 0.15) is 10.7 Å². The number of nitrogens with zero attached hydrogens (tertiary/aromatic N) is 4. The van der Waals surface area contributed by atoms with Crippen LogP contribution in [-0.4, -0.2) is 41.3 Å². The summed E-state index contributed by atoms with van der Waals surface area (Å²) >= 11 is 7.70. The summed E-state index contributed by atoms with van der Waals surface area (Å²) in [6.07, 6.45) is 5.65. The average molecular weight is 613 g/mol. The Bertz CT molecular complexity index is 1960. The zero-order valence-electron chi connectivity index (χ0n) is 24.9. The number of aliphatic hydroxyl groups is 1. The van der Waals surface area contributed by atoms with E-state index < -0.39 is 11.6 Å². The summed E-state index contributed by atoms with van der Waals surface area (Å²) in [5.74, 6) is -0.870. The van der Waals surface area contributed by atoms with E-state index in [0.29, 0.717) is 5.02 Å². The van der Waals surface area contributed by atoms with Crippen LogP contribution in [0, 0.1) is 13.8 Å². The Kier molecular flexibility index (Phi) is 8.38. The van der Waals surface area contributed by atoms with Crippen LogP contribution < -0.4 is 0 Å². The Morgan fingerprint density at radius 2 is 1.67 bits per heavy atom. The second kappa shape index (κ2) is 11.9. The fourth-order valence-corrected chi connectivity index (χ4v) is 6.23. The summed E-state index contributed by atoms with van der Waals surface area (Å²) < 4.78 is 2.98. The number of pyridine rings is 2. The standard InChI is InChI=1S/C30H23ClN4O2S.C4H10O/c1-16-10-25-28(27(22(16)13-26(36)37)18-4-6-21(31)7-5-18)38-30(34-25)19-8-9-32-24(12-19)20-11-23-17(2)15-35(3)29(23)33-14-20;1-4(2,3)5/h4-12,14-15H,13H2,1-3H3,(H,36,37);5H,1-3H3. The van der Waals surface area contributed by atoms with Crippen molar-refractivity contribution >= 4 is 50.2 Å². The van der Waals surface area contributed by atoms with Gasteiger partial charge in [0.15, 0.2) is 0 Å². The molecule has 0 saturated heterocycles. The van der Waals surface area contributed by atoms with Gasteiger partial charge < -0.3 is 14.8 Å². The van der Waals surface area contributed by atoms with Crippen LogP contribution in [0.4, 0.5) is 0 Å². The molecule has 0 amide bonds. The molecule has 0 radical (unpaired) electrons. The van der Waals surface area contributed by atoms with E-state index >= 15 is 0 Å². The summed E-state index contributed by atoms with van der Waals surface area (Å²) in [7, 11) is 2.00. The third-order valence-corrected chi connectivity index (χ3v) is 8.18. The lowest BCUT2D eigenvalue weighted by molar-refractivity contribution is -0.136. The molecule has 9 heteroatoms. The van der Waals surface area contributed by atoms with Gasteiger partial charge in [0.25, 0.3) is 0 Å². The summed E-state index contributed by atoms with van der Waals surface area (Å²) in [5.41, 5.74) is 8.65. The van der Waals surface area contributed by atoms with E-state index in [1.54, 1.807) is 38.3 Å². The second-order valence-corrected chi connectivity index (χ2v) is 13.0. The zero-order valence-corrected chi connectivity index (χ0v) is 26.5. The van der Waals surface area contributed by atoms with Gasteiger partial charge in [-0.2, -0.15) is 0 Å². The maximum Gasteiger partial charge on any atom is 0.307 e. The molecular formula is C34H33ClN4O3S. The minimum atomic E-state index is -0.870. The first-order chi connectivity index (χ1) is 20.3. The quantitative estimate of drug-likeness (QED) is 0.203. The largest absolute Gasteiger partial charge is 0.481 e. The number of carbonyl (C=O) groups is 1. The molecule has 2 aromatic carbocycles. The van der Waals surface area contributed by atoms with Gasteiger partial charge in [-0.1, -0.05) is 23.7 Å². The minimum absolute atomic E-state index is 0.0687. The predicted molar refractivity (Wildman–Crippen MR) is 176 cm³/mol. The van der Waals surface area contributed by atoms with Gasteiger partial charge in [0.05, 0.1) is 27.9 Å². The van der Waals surface area contributed by atoms with Gasteiger partial charge in [-0.15, -0.1) is 11.3 Å². The molecule has 0 aliphatic carbocycles. The van der Waals surface area contributed by atoms with Gasteiger partial charge in [0, 0.05) is 52.7 Å². The lowest BCUT2D eigenvalue weighted by Crippen LogP contribution is -2.10. The van der Waals surface area contributed by atoms with E-state index in [9.17, 15) is 9.90 Å². The number of hydrogen-bond acceptors (Lipinski definition) is 6. The van der Waals surface area contributed by atoms with Crippen molar-refractivity contribution in [2.75, 3.05) is 0 Å². The molecule has 6 aromatic rings. The number of aliphatic carboxylic acids is 1. The Balaban J connectivity index is 0.000000682. The van der Waals surface area contributed by atoms with E-state index in [-0.39, 0.29) is 6.42 Å². The van der Waals surface area contributed by atoms with Gasteiger partial charge in [-0.25, -0.2) is 9.97 Å². The molecule has 43 heavy (non-hydrogen) atoms. The highest BCUT2D eigenvalue weighted by molar-refractivity contribution is 7.22. The summed E-state index contributed by atoms with van der Waals surface area (Å²) in [6.45, 7) is 9.25. The molecule has 0 atom stereocenters. The van der Waals surface area contributed by atoms with Gasteiger partial charge in [-0.05, 0) is 93.3 Å². The molecule has 7 nitrogen and oxygen atoms in total. The molecule has 220 valence electrons. The Morgan fingerprint density at radius 1 is 0.977 bits per heavy atom. The molecule has 0 bridgehead atoms. The number of halogens is 1. The SMILES string of the molecule is CC(C)(C)O.Cc1cc2nc(-c3ccnc(-c4cnc5c(c4)c(C)cn5C)c3)sc2c(-c2ccc(Cl)cc2)c1CC(=O)O. The van der Waals surface area contributed by atoms with Gasteiger partial charge >= 0.3 is 5.97 Å². The van der Waals surface area contributed by atoms with Crippen molar-refractivity contribution in [2.24, 2.45) is 7.05 Å². The average Bonchev–Trinajstić information content (AvgIpc) is 3.48. The van der Waals surface area contributed by atoms with Gasteiger partial charge in [0.2, 0.25) is 0 Å². The second-order valence-electron chi connectivity index (χ2n) is 11.6. The number of fused-ring (bicyclic) bond motifs is 2. The monoisotopic (exact) mass is 612 g/mol. The van der Waals surface area contributed by atoms with Crippen LogP contribution >= 0.6 is 22.9 Å². The van der Waals surface area contributed by atoms with Crippen LogP contribution in [0.1, 0.15) is 37.5 Å². The Hall–Kier alpha value is -4.11. The summed E-state index contributed by atoms with van der Waals surface area (Å²) in [6, 6.07) is 15.6. The van der Waals surface area contributed by atoms with E-state index in [1.807, 2.05) is 67.2 Å². The molecule has 0 saturated carbocycles. The fourth-order valence-electron chi connectivity index (χ4n) is 4.97. The molecule has 2 N–H and O–H groups in total. The number of benzene rings is 2. The Morgan fingerprint density at radius 3 is 2.35 bits per heavy atom. The van der Waals surface area contributed by atoms with E-state index in [1.165, 1.54) is 5.56 Å². The van der Waals surface area contributed by atoms with Crippen molar-refractivity contribution in [3.63, 3.8) is 0 Å². The normalized spacial score (nSPS) is 11.5. The lowest BCUT2D eigenvalue weighted by Gasteiger charge is -2.13. The number of carboxylic acids is 1. The van der Waals surface area contributed by atoms with E-state index in [4.69, 9.17) is 21.7 Å². The maximum atomic E-state index is 11.8. The summed E-state index contributed by atoms with van der Waals surface area (Å²) in [4.78, 5) is 26.0. The van der Waals surface area contributed by atoms with Crippen LogP contribution in [0.15, 0.2) is 67.1 Å². The number of aryl methyl sites for hydroxylation is 3. The first-order valence-electron chi connectivity index (χ1n) is 13.8. The lowest BCUT2D eigenvalue weighted by atomic mass is 9.93. The predicted octanol–water partition coefficient (Wildman–Crippen LogP) is 8.25. The molecule has 4 heterocycles. The van der Waals surface area contributed by atoms with Crippen LogP contribution in [0.3, 0.4) is 0 Å². The van der Waals surface area contributed by atoms with Crippen LogP contribution in [0.2, 0.25) is 5.02 Å². The molecule has 0 aliphatic heterocycles. The minimum Gasteiger partial charge on any atom is -0.481 e. The van der Waals surface area contributed by atoms with Gasteiger partial charge in [-0.3, -0.25) is 9.78 Å². The fraction of sp³-hybridized carbons (Fsp3) is 0.235. The number of hydrogen-bond donors (Lipinski definition) is 2. The van der Waals surface area contributed by atoms with Crippen molar-refractivity contribution in [3.05, 3.63) is 88.8 Å². The molecule has 0 unspecified atom stereocenters. The number of thiazole rings is 1.